The van der Waals surface area contributed by atoms with Gasteiger partial charge in [-0.15, -0.1) is 0 Å². The predicted molar refractivity (Wildman–Crippen MR) is 122 cm³/mol. The Labute approximate surface area is 177 Å². The summed E-state index contributed by atoms with van der Waals surface area (Å²) in [5.41, 5.74) is 0.918. The highest BCUT2D eigenvalue weighted by Crippen LogP contribution is 2.04. The van der Waals surface area contributed by atoms with E-state index in [0.29, 0.717) is 13.0 Å². The first-order chi connectivity index (χ1) is 14.3. The van der Waals surface area contributed by atoms with Crippen molar-refractivity contribution in [3.63, 3.8) is 0 Å². The maximum Gasteiger partial charge on any atom is 0.306 e. The largest absolute Gasteiger partial charge is 0.461 e. The summed E-state index contributed by atoms with van der Waals surface area (Å²) >= 11 is 0. The van der Waals surface area contributed by atoms with Crippen molar-refractivity contribution in [3.05, 3.63) is 78.7 Å². The van der Waals surface area contributed by atoms with Gasteiger partial charge in [0, 0.05) is 24.4 Å². The molecule has 29 heavy (non-hydrogen) atoms. The van der Waals surface area contributed by atoms with Gasteiger partial charge in [-0.25, -0.2) is 0 Å². The molecule has 0 atom stereocenters. The number of nitrogens with zero attached hydrogens (tertiary/aromatic N) is 1. The van der Waals surface area contributed by atoms with Crippen molar-refractivity contribution in [2.45, 2.75) is 77.7 Å². The van der Waals surface area contributed by atoms with Gasteiger partial charge in [-0.05, 0) is 51.0 Å². The number of pyridine rings is 1. The quantitative estimate of drug-likeness (QED) is 0.168. The van der Waals surface area contributed by atoms with E-state index in [9.17, 15) is 4.79 Å². The van der Waals surface area contributed by atoms with Crippen LogP contribution < -0.4 is 0 Å². The average molecular weight is 396 g/mol. The Kier molecular flexibility index (Phi) is 16.1. The molecule has 1 aromatic rings. The molecule has 0 aromatic carbocycles. The molecular weight excluding hydrogens is 358 g/mol. The first-order valence-corrected chi connectivity index (χ1v) is 11.0. The summed E-state index contributed by atoms with van der Waals surface area (Å²) in [7, 11) is 0. The second-order valence-electron chi connectivity index (χ2n) is 7.00. The van der Waals surface area contributed by atoms with Crippen LogP contribution in [-0.2, 0) is 16.1 Å². The molecule has 0 unspecified atom stereocenters. The van der Waals surface area contributed by atoms with Crippen LogP contribution in [-0.4, -0.2) is 11.0 Å². The van der Waals surface area contributed by atoms with Gasteiger partial charge in [0.05, 0.1) is 0 Å². The fraction of sp³-hybridized carbons (Fsp3) is 0.462. The van der Waals surface area contributed by atoms with Crippen molar-refractivity contribution in [3.8, 4) is 0 Å². The molecule has 0 aliphatic carbocycles. The van der Waals surface area contributed by atoms with Crippen molar-refractivity contribution in [2.75, 3.05) is 0 Å². The molecule has 1 aromatic heterocycles. The van der Waals surface area contributed by atoms with Gasteiger partial charge in [-0.3, -0.25) is 9.78 Å². The molecular formula is C26H37NO2. The van der Waals surface area contributed by atoms with E-state index in [1.54, 1.807) is 12.4 Å². The van der Waals surface area contributed by atoms with Crippen LogP contribution in [0.1, 0.15) is 76.7 Å². The van der Waals surface area contributed by atoms with Gasteiger partial charge in [-0.1, -0.05) is 74.4 Å². The number of aromatic nitrogens is 1. The lowest BCUT2D eigenvalue weighted by Crippen LogP contribution is -2.04. The number of carbonyl (C=O) groups is 1. The molecule has 0 radical (unpaired) electrons. The van der Waals surface area contributed by atoms with Crippen LogP contribution in [0.3, 0.4) is 0 Å². The minimum absolute atomic E-state index is 0.148. The Morgan fingerprint density at radius 1 is 0.897 bits per heavy atom. The third-order valence-electron chi connectivity index (χ3n) is 4.33. The zero-order valence-corrected chi connectivity index (χ0v) is 18.0. The molecule has 0 aliphatic rings. The molecule has 0 fully saturated rings. The van der Waals surface area contributed by atoms with Crippen LogP contribution in [0.4, 0.5) is 0 Å². The van der Waals surface area contributed by atoms with E-state index in [4.69, 9.17) is 4.74 Å². The Hall–Kier alpha value is -2.42. The maximum atomic E-state index is 11.7. The second kappa shape index (κ2) is 18.9. The SMILES string of the molecule is CCCCC/C=C/C/C=C/C/C=C/C/C=C/CCCC(=O)OCc1cccnc1. The maximum absolute atomic E-state index is 11.7. The second-order valence-corrected chi connectivity index (χ2v) is 7.00. The molecule has 0 bridgehead atoms. The van der Waals surface area contributed by atoms with Gasteiger partial charge in [0.1, 0.15) is 6.61 Å². The lowest BCUT2D eigenvalue weighted by atomic mass is 10.2. The van der Waals surface area contributed by atoms with Gasteiger partial charge in [0.25, 0.3) is 0 Å². The van der Waals surface area contributed by atoms with E-state index in [1.807, 2.05) is 12.1 Å². The third kappa shape index (κ3) is 16.3. The fourth-order valence-electron chi connectivity index (χ4n) is 2.64. The van der Waals surface area contributed by atoms with Crippen molar-refractivity contribution in [1.29, 1.82) is 0 Å². The Balaban J connectivity index is 1.94. The minimum Gasteiger partial charge on any atom is -0.461 e. The fourth-order valence-corrected chi connectivity index (χ4v) is 2.64. The van der Waals surface area contributed by atoms with Crippen molar-refractivity contribution in [2.24, 2.45) is 0 Å². The van der Waals surface area contributed by atoms with E-state index >= 15 is 0 Å². The van der Waals surface area contributed by atoms with Crippen LogP contribution in [0.15, 0.2) is 73.1 Å². The molecule has 1 rings (SSSR count). The summed E-state index contributed by atoms with van der Waals surface area (Å²) in [5.74, 6) is -0.148. The number of carbonyl (C=O) groups excluding carboxylic acids is 1. The van der Waals surface area contributed by atoms with E-state index in [0.717, 1.165) is 37.7 Å². The molecule has 0 amide bonds. The number of ether oxygens (including phenoxy) is 1. The van der Waals surface area contributed by atoms with E-state index in [1.165, 1.54) is 25.7 Å². The van der Waals surface area contributed by atoms with Crippen LogP contribution in [0.5, 0.6) is 0 Å². The van der Waals surface area contributed by atoms with E-state index in [-0.39, 0.29) is 5.97 Å². The topological polar surface area (TPSA) is 39.2 Å². The highest BCUT2D eigenvalue weighted by atomic mass is 16.5. The molecule has 0 N–H and O–H groups in total. The van der Waals surface area contributed by atoms with Gasteiger partial charge < -0.3 is 4.74 Å². The van der Waals surface area contributed by atoms with Crippen LogP contribution in [0.2, 0.25) is 0 Å². The summed E-state index contributed by atoms with van der Waals surface area (Å²) < 4.78 is 5.23. The van der Waals surface area contributed by atoms with Gasteiger partial charge in [0.2, 0.25) is 0 Å². The zero-order valence-electron chi connectivity index (χ0n) is 18.0. The summed E-state index contributed by atoms with van der Waals surface area (Å²) in [6, 6.07) is 3.74. The van der Waals surface area contributed by atoms with Crippen LogP contribution in [0, 0.1) is 0 Å². The molecule has 0 spiro atoms. The number of unbranched alkanes of at least 4 members (excludes halogenated alkanes) is 4. The number of hydrogen-bond donors (Lipinski definition) is 0. The lowest BCUT2D eigenvalue weighted by Gasteiger charge is -2.03. The van der Waals surface area contributed by atoms with Crippen molar-refractivity contribution >= 4 is 5.97 Å². The molecule has 3 heteroatoms. The van der Waals surface area contributed by atoms with Gasteiger partial charge in [-0.2, -0.15) is 0 Å². The average Bonchev–Trinajstić information content (AvgIpc) is 2.75. The van der Waals surface area contributed by atoms with E-state index < -0.39 is 0 Å². The first-order valence-electron chi connectivity index (χ1n) is 11.0. The lowest BCUT2D eigenvalue weighted by molar-refractivity contribution is -0.145. The normalized spacial score (nSPS) is 12.0. The number of hydrogen-bond acceptors (Lipinski definition) is 3. The van der Waals surface area contributed by atoms with Crippen molar-refractivity contribution in [1.82, 2.24) is 4.98 Å². The molecule has 0 saturated heterocycles. The first kappa shape index (κ1) is 24.6. The molecule has 158 valence electrons. The smallest absolute Gasteiger partial charge is 0.306 e. The summed E-state index contributed by atoms with van der Waals surface area (Å²) in [5, 5.41) is 0. The predicted octanol–water partition coefficient (Wildman–Crippen LogP) is 7.27. The third-order valence-corrected chi connectivity index (χ3v) is 4.33. The van der Waals surface area contributed by atoms with Crippen molar-refractivity contribution < 1.29 is 9.53 Å². The summed E-state index contributed by atoms with van der Waals surface area (Å²) in [6.45, 7) is 2.54. The Morgan fingerprint density at radius 3 is 2.10 bits per heavy atom. The monoisotopic (exact) mass is 395 g/mol. The molecule has 1 heterocycles. The molecule has 0 aliphatic heterocycles. The number of allylic oxidation sites excluding steroid dienone is 8. The Morgan fingerprint density at radius 2 is 1.52 bits per heavy atom. The zero-order chi connectivity index (χ0) is 20.8. The molecule has 0 saturated carbocycles. The number of rotatable bonds is 16. The molecule has 3 nitrogen and oxygen atoms in total. The summed E-state index contributed by atoms with van der Waals surface area (Å²) in [6.07, 6.45) is 31.4. The number of esters is 1. The minimum atomic E-state index is -0.148. The van der Waals surface area contributed by atoms with Crippen LogP contribution in [0.25, 0.3) is 0 Å². The standard InChI is InChI=1S/C26H37NO2/c1-2-3-4-5-6-7-8-9-10-11-12-13-14-15-16-17-18-21-26(28)29-24-25-20-19-22-27-23-25/h6-7,9-10,12-13,15-16,19-20,22-23H,2-5,8,11,14,17-18,21,24H2,1H3/b7-6+,10-9+,13-12+,16-15+. The highest BCUT2D eigenvalue weighted by molar-refractivity contribution is 5.69. The van der Waals surface area contributed by atoms with Gasteiger partial charge >= 0.3 is 5.97 Å². The Bertz CT molecular complexity index is 629. The van der Waals surface area contributed by atoms with Gasteiger partial charge in [0.15, 0.2) is 0 Å². The summed E-state index contributed by atoms with van der Waals surface area (Å²) in [4.78, 5) is 15.7. The highest BCUT2D eigenvalue weighted by Gasteiger charge is 2.02. The van der Waals surface area contributed by atoms with E-state index in [2.05, 4.69) is 60.5 Å². The van der Waals surface area contributed by atoms with Crippen LogP contribution >= 0.6 is 0 Å².